The summed E-state index contributed by atoms with van der Waals surface area (Å²) in [5, 5.41) is 4.38. The Balaban J connectivity index is 3.31. The van der Waals surface area contributed by atoms with Crippen molar-refractivity contribution in [1.82, 2.24) is 9.78 Å². The van der Waals surface area contributed by atoms with Gasteiger partial charge in [0.15, 0.2) is 3.70 Å². The van der Waals surface area contributed by atoms with Crippen LogP contribution in [0.25, 0.3) is 0 Å². The van der Waals surface area contributed by atoms with Crippen LogP contribution in [0.15, 0.2) is 0 Å². The topological polar surface area (TPSA) is 36.3 Å². The molecule has 0 N–H and O–H groups in total. The van der Waals surface area contributed by atoms with Gasteiger partial charge in [-0.25, -0.2) is 4.68 Å². The van der Waals surface area contributed by atoms with Crippen LogP contribution in [0.4, 0.5) is 0 Å². The summed E-state index contributed by atoms with van der Waals surface area (Å²) < 4.78 is 13.2. The van der Waals surface area contributed by atoms with Gasteiger partial charge in [0.25, 0.3) is 5.88 Å². The van der Waals surface area contributed by atoms with Crippen molar-refractivity contribution in [2.24, 2.45) is 0 Å². The van der Waals surface area contributed by atoms with E-state index in [1.165, 1.54) is 0 Å². The fourth-order valence-electron chi connectivity index (χ4n) is 1.17. The van der Waals surface area contributed by atoms with E-state index < -0.39 is 0 Å². The predicted molar refractivity (Wildman–Crippen MR) is 63.0 cm³/mol. The van der Waals surface area contributed by atoms with Gasteiger partial charge in [-0.2, -0.15) is 5.10 Å². The molecule has 0 fully saturated rings. The average Bonchev–Trinajstić information content (AvgIpc) is 2.40. The van der Waals surface area contributed by atoms with Crippen molar-refractivity contribution < 1.29 is 9.47 Å². The lowest BCUT2D eigenvalue weighted by molar-refractivity contribution is 0.270. The third-order valence-corrected chi connectivity index (χ3v) is 2.50. The number of hydrogen-bond acceptors (Lipinski definition) is 3. The number of halogens is 1. The highest BCUT2D eigenvalue weighted by Gasteiger charge is 2.25. The fourth-order valence-corrected chi connectivity index (χ4v) is 1.84. The Labute approximate surface area is 97.7 Å². The molecule has 0 radical (unpaired) electrons. The summed E-state index contributed by atoms with van der Waals surface area (Å²) in [6, 6.07) is 0. The summed E-state index contributed by atoms with van der Waals surface area (Å²) in [7, 11) is 3.24. The molecule has 0 aliphatic heterocycles. The summed E-state index contributed by atoms with van der Waals surface area (Å²) in [6.07, 6.45) is 0. The zero-order chi connectivity index (χ0) is 10.9. The van der Waals surface area contributed by atoms with E-state index >= 15 is 0 Å². The highest BCUT2D eigenvalue weighted by atomic mass is 127. The molecule has 0 saturated heterocycles. The monoisotopic (exact) mass is 310 g/mol. The van der Waals surface area contributed by atoms with Gasteiger partial charge >= 0.3 is 0 Å². The molecule has 4 nitrogen and oxygen atoms in total. The first kappa shape index (κ1) is 11.6. The molecule has 0 saturated carbocycles. The molecular weight excluding hydrogens is 295 g/mol. The lowest BCUT2D eigenvalue weighted by Gasteiger charge is -2.21. The van der Waals surface area contributed by atoms with Crippen LogP contribution in [0.1, 0.15) is 20.8 Å². The van der Waals surface area contributed by atoms with Crippen LogP contribution in [0.2, 0.25) is 0 Å². The van der Waals surface area contributed by atoms with E-state index in [1.807, 2.05) is 4.68 Å². The molecule has 1 aromatic heterocycles. The van der Waals surface area contributed by atoms with Crippen LogP contribution in [-0.2, 0) is 5.54 Å². The van der Waals surface area contributed by atoms with Crippen molar-refractivity contribution in [1.29, 1.82) is 0 Å². The highest BCUT2D eigenvalue weighted by molar-refractivity contribution is 14.1. The SMILES string of the molecule is COc1c(I)nn(C(C)(C)C)c1OC. The molecule has 1 heterocycles. The van der Waals surface area contributed by atoms with Crippen LogP contribution < -0.4 is 9.47 Å². The number of hydrogen-bond donors (Lipinski definition) is 0. The first-order valence-electron chi connectivity index (χ1n) is 4.28. The molecule has 14 heavy (non-hydrogen) atoms. The minimum atomic E-state index is -0.109. The van der Waals surface area contributed by atoms with Gasteiger partial charge in [-0.1, -0.05) is 0 Å². The van der Waals surface area contributed by atoms with Crippen LogP contribution >= 0.6 is 22.6 Å². The van der Waals surface area contributed by atoms with Crippen molar-refractivity contribution in [3.8, 4) is 11.6 Å². The summed E-state index contributed by atoms with van der Waals surface area (Å²) in [5.74, 6) is 1.37. The van der Waals surface area contributed by atoms with E-state index in [4.69, 9.17) is 9.47 Å². The highest BCUT2D eigenvalue weighted by Crippen LogP contribution is 2.35. The van der Waals surface area contributed by atoms with Crippen LogP contribution in [0.5, 0.6) is 11.6 Å². The Bertz CT molecular complexity index is 328. The number of aromatic nitrogens is 2. The Morgan fingerprint density at radius 3 is 2.14 bits per heavy atom. The van der Waals surface area contributed by atoms with E-state index in [9.17, 15) is 0 Å². The minimum absolute atomic E-state index is 0.109. The molecule has 80 valence electrons. The number of ether oxygens (including phenoxy) is 2. The second-order valence-electron chi connectivity index (χ2n) is 3.92. The maximum absolute atomic E-state index is 5.29. The smallest absolute Gasteiger partial charge is 0.257 e. The second kappa shape index (κ2) is 3.96. The molecule has 0 aromatic carbocycles. The lowest BCUT2D eigenvalue weighted by Crippen LogP contribution is -2.23. The Hall–Kier alpha value is -0.460. The molecule has 1 aromatic rings. The molecule has 0 aliphatic carbocycles. The van der Waals surface area contributed by atoms with Gasteiger partial charge in [0.05, 0.1) is 19.8 Å². The fraction of sp³-hybridized carbons (Fsp3) is 0.667. The van der Waals surface area contributed by atoms with Gasteiger partial charge in [-0.3, -0.25) is 0 Å². The van der Waals surface area contributed by atoms with E-state index in [-0.39, 0.29) is 5.54 Å². The van der Waals surface area contributed by atoms with E-state index in [0.29, 0.717) is 11.6 Å². The van der Waals surface area contributed by atoms with Gasteiger partial charge in [-0.05, 0) is 43.4 Å². The largest absolute Gasteiger partial charge is 0.489 e. The Morgan fingerprint density at radius 2 is 1.79 bits per heavy atom. The Kier molecular flexibility index (Phi) is 3.28. The van der Waals surface area contributed by atoms with Gasteiger partial charge in [0, 0.05) is 0 Å². The summed E-state index contributed by atoms with van der Waals surface area (Å²) in [6.45, 7) is 6.20. The first-order valence-corrected chi connectivity index (χ1v) is 5.36. The maximum Gasteiger partial charge on any atom is 0.257 e. The number of rotatable bonds is 2. The Morgan fingerprint density at radius 1 is 1.21 bits per heavy atom. The maximum atomic E-state index is 5.29. The van der Waals surface area contributed by atoms with Crippen molar-refractivity contribution >= 4 is 22.6 Å². The van der Waals surface area contributed by atoms with Crippen LogP contribution in [0, 0.1) is 3.70 Å². The molecule has 0 bridgehead atoms. The molecule has 0 spiro atoms. The number of methoxy groups -OCH3 is 2. The molecule has 0 aliphatic rings. The van der Waals surface area contributed by atoms with Crippen molar-refractivity contribution in [3.05, 3.63) is 3.70 Å². The molecule has 0 amide bonds. The quantitative estimate of drug-likeness (QED) is 0.786. The molecule has 0 atom stereocenters. The van der Waals surface area contributed by atoms with E-state index in [1.54, 1.807) is 14.2 Å². The van der Waals surface area contributed by atoms with Gasteiger partial charge in [-0.15, -0.1) is 0 Å². The van der Waals surface area contributed by atoms with Crippen LogP contribution in [-0.4, -0.2) is 24.0 Å². The standard InChI is InChI=1S/C9H15IN2O2/c1-9(2,3)12-8(14-5)6(13-4)7(10)11-12/h1-5H3. The molecule has 0 unspecified atom stereocenters. The van der Waals surface area contributed by atoms with E-state index in [2.05, 4.69) is 48.5 Å². The summed E-state index contributed by atoms with van der Waals surface area (Å²) in [4.78, 5) is 0. The lowest BCUT2D eigenvalue weighted by atomic mass is 10.1. The van der Waals surface area contributed by atoms with Gasteiger partial charge in [0.2, 0.25) is 5.75 Å². The van der Waals surface area contributed by atoms with Crippen LogP contribution in [0.3, 0.4) is 0 Å². The minimum Gasteiger partial charge on any atom is -0.489 e. The van der Waals surface area contributed by atoms with Gasteiger partial charge < -0.3 is 9.47 Å². The zero-order valence-corrected chi connectivity index (χ0v) is 11.2. The predicted octanol–water partition coefficient (Wildman–Crippen LogP) is 2.26. The van der Waals surface area contributed by atoms with Crippen molar-refractivity contribution in [2.45, 2.75) is 26.3 Å². The average molecular weight is 310 g/mol. The normalized spacial score (nSPS) is 11.6. The van der Waals surface area contributed by atoms with E-state index in [0.717, 1.165) is 3.70 Å². The second-order valence-corrected chi connectivity index (χ2v) is 4.94. The van der Waals surface area contributed by atoms with Gasteiger partial charge in [0.1, 0.15) is 0 Å². The zero-order valence-electron chi connectivity index (χ0n) is 9.09. The summed E-state index contributed by atoms with van der Waals surface area (Å²) in [5.41, 5.74) is -0.109. The molecule has 5 heteroatoms. The molecule has 1 rings (SSSR count). The number of nitrogens with zero attached hydrogens (tertiary/aromatic N) is 2. The van der Waals surface area contributed by atoms with Crippen molar-refractivity contribution in [2.75, 3.05) is 14.2 Å². The van der Waals surface area contributed by atoms with Crippen molar-refractivity contribution in [3.63, 3.8) is 0 Å². The third-order valence-electron chi connectivity index (χ3n) is 1.79. The molecular formula is C9H15IN2O2. The summed E-state index contributed by atoms with van der Waals surface area (Å²) >= 11 is 2.13. The third kappa shape index (κ3) is 1.97. The first-order chi connectivity index (χ1) is 6.41.